The molecule has 2 rings (SSSR count). The Hall–Kier alpha value is -1.26. The molecule has 0 aliphatic heterocycles. The Morgan fingerprint density at radius 3 is 2.82 bits per heavy atom. The van der Waals surface area contributed by atoms with Gasteiger partial charge in [0.2, 0.25) is 0 Å². The van der Waals surface area contributed by atoms with Crippen molar-refractivity contribution in [1.82, 2.24) is 5.32 Å². The predicted molar refractivity (Wildman–Crippen MR) is 69.5 cm³/mol. The van der Waals surface area contributed by atoms with E-state index in [0.717, 1.165) is 18.8 Å². The van der Waals surface area contributed by atoms with Crippen molar-refractivity contribution < 1.29 is 4.79 Å². The predicted octanol–water partition coefficient (Wildman–Crippen LogP) is 1.60. The van der Waals surface area contributed by atoms with Crippen LogP contribution < -0.4 is 16.4 Å². The van der Waals surface area contributed by atoms with Crippen LogP contribution in [-0.4, -0.2) is 25.0 Å². The highest BCUT2D eigenvalue weighted by Gasteiger charge is 2.19. The number of amides is 1. The van der Waals surface area contributed by atoms with Crippen LogP contribution in [0.25, 0.3) is 0 Å². The lowest BCUT2D eigenvalue weighted by Gasteiger charge is -2.10. The zero-order valence-electron chi connectivity index (χ0n) is 9.50. The minimum atomic E-state index is -0.467. The van der Waals surface area contributed by atoms with E-state index in [-0.39, 0.29) is 0 Å². The smallest absolute Gasteiger partial charge is 0.250 e. The number of anilines is 1. The maximum absolute atomic E-state index is 11.2. The summed E-state index contributed by atoms with van der Waals surface area (Å²) in [6, 6.07) is 5.79. The molecule has 1 saturated carbocycles. The first-order chi connectivity index (χ1) is 8.16. The monoisotopic (exact) mass is 253 g/mol. The summed E-state index contributed by atoms with van der Waals surface area (Å²) in [5.74, 6) is -0.467. The first-order valence-corrected chi connectivity index (χ1v) is 6.11. The number of nitrogens with two attached hydrogens (primary N) is 1. The second-order valence-corrected chi connectivity index (χ2v) is 4.65. The fourth-order valence-corrected chi connectivity index (χ4v) is 1.81. The normalized spacial score (nSPS) is 14.6. The van der Waals surface area contributed by atoms with E-state index >= 15 is 0 Å². The minimum Gasteiger partial charge on any atom is -0.383 e. The number of benzene rings is 1. The number of hydrogen-bond donors (Lipinski definition) is 3. The summed E-state index contributed by atoms with van der Waals surface area (Å²) in [4.78, 5) is 11.2. The molecule has 0 bridgehead atoms. The van der Waals surface area contributed by atoms with Crippen molar-refractivity contribution >= 4 is 23.2 Å². The van der Waals surface area contributed by atoms with E-state index in [4.69, 9.17) is 17.3 Å². The van der Waals surface area contributed by atoms with Gasteiger partial charge in [-0.25, -0.2) is 0 Å². The molecule has 4 N–H and O–H groups in total. The highest BCUT2D eigenvalue weighted by Crippen LogP contribution is 2.20. The van der Waals surface area contributed by atoms with Crippen molar-refractivity contribution in [3.8, 4) is 0 Å². The molecule has 1 aliphatic carbocycles. The molecule has 0 unspecified atom stereocenters. The summed E-state index contributed by atoms with van der Waals surface area (Å²) in [7, 11) is 0. The van der Waals surface area contributed by atoms with Crippen LogP contribution in [0.5, 0.6) is 0 Å². The summed E-state index contributed by atoms with van der Waals surface area (Å²) < 4.78 is 0. The van der Waals surface area contributed by atoms with Gasteiger partial charge in [-0.05, 0) is 31.0 Å². The van der Waals surface area contributed by atoms with Crippen molar-refractivity contribution in [2.75, 3.05) is 18.4 Å². The lowest BCUT2D eigenvalue weighted by molar-refractivity contribution is 0.100. The van der Waals surface area contributed by atoms with Gasteiger partial charge in [0, 0.05) is 29.8 Å². The fourth-order valence-electron chi connectivity index (χ4n) is 1.64. The van der Waals surface area contributed by atoms with Gasteiger partial charge >= 0.3 is 0 Å². The molecule has 4 nitrogen and oxygen atoms in total. The topological polar surface area (TPSA) is 67.2 Å². The summed E-state index contributed by atoms with van der Waals surface area (Å²) in [5.41, 5.74) is 6.46. The number of carbonyl (C=O) groups excluding carboxylic acids is 1. The quantitative estimate of drug-likeness (QED) is 0.675. The van der Waals surface area contributed by atoms with Gasteiger partial charge in [0.05, 0.1) is 5.56 Å². The Balaban J connectivity index is 1.91. The third-order valence-corrected chi connectivity index (χ3v) is 2.93. The van der Waals surface area contributed by atoms with E-state index in [1.165, 1.54) is 12.8 Å². The van der Waals surface area contributed by atoms with Crippen LogP contribution in [0.4, 0.5) is 5.69 Å². The Labute approximate surface area is 106 Å². The lowest BCUT2D eigenvalue weighted by Crippen LogP contribution is -2.25. The van der Waals surface area contributed by atoms with Crippen LogP contribution in [0.3, 0.4) is 0 Å². The van der Waals surface area contributed by atoms with E-state index in [9.17, 15) is 4.79 Å². The van der Waals surface area contributed by atoms with Crippen molar-refractivity contribution in [2.24, 2.45) is 5.73 Å². The molecular formula is C12H16ClN3O. The zero-order valence-corrected chi connectivity index (χ0v) is 10.3. The van der Waals surface area contributed by atoms with E-state index in [2.05, 4.69) is 10.6 Å². The molecule has 5 heteroatoms. The van der Waals surface area contributed by atoms with Crippen molar-refractivity contribution in [3.63, 3.8) is 0 Å². The summed E-state index contributed by atoms with van der Waals surface area (Å²) in [6.07, 6.45) is 2.54. The summed E-state index contributed by atoms with van der Waals surface area (Å²) >= 11 is 5.82. The Morgan fingerprint density at radius 1 is 1.41 bits per heavy atom. The molecule has 1 aromatic carbocycles. The van der Waals surface area contributed by atoms with Crippen LogP contribution in [-0.2, 0) is 0 Å². The summed E-state index contributed by atoms with van der Waals surface area (Å²) in [5, 5.41) is 7.08. The molecule has 92 valence electrons. The molecule has 1 amide bonds. The van der Waals surface area contributed by atoms with Crippen molar-refractivity contribution in [1.29, 1.82) is 0 Å². The lowest BCUT2D eigenvalue weighted by atomic mass is 10.1. The molecule has 1 aliphatic rings. The maximum atomic E-state index is 11.2. The highest BCUT2D eigenvalue weighted by atomic mass is 35.5. The molecule has 0 aromatic heterocycles. The van der Waals surface area contributed by atoms with Crippen LogP contribution in [0.1, 0.15) is 23.2 Å². The standard InChI is InChI=1S/C12H16ClN3O/c13-8-1-4-11(10(7-8)12(14)17)16-6-5-15-9-2-3-9/h1,4,7,9,15-16H,2-3,5-6H2,(H2,14,17). The number of carbonyl (C=O) groups is 1. The first kappa shape index (κ1) is 12.2. The molecule has 0 saturated heterocycles. The molecule has 1 aromatic rings. The van der Waals surface area contributed by atoms with Gasteiger partial charge in [0.15, 0.2) is 0 Å². The number of primary amides is 1. The van der Waals surface area contributed by atoms with Gasteiger partial charge < -0.3 is 16.4 Å². The van der Waals surface area contributed by atoms with E-state index in [1.807, 2.05) is 0 Å². The van der Waals surface area contributed by atoms with Gasteiger partial charge in [-0.3, -0.25) is 4.79 Å². The fraction of sp³-hybridized carbons (Fsp3) is 0.417. The second-order valence-electron chi connectivity index (χ2n) is 4.21. The van der Waals surface area contributed by atoms with E-state index < -0.39 is 5.91 Å². The van der Waals surface area contributed by atoms with Crippen LogP contribution in [0, 0.1) is 0 Å². The van der Waals surface area contributed by atoms with Crippen LogP contribution in [0.15, 0.2) is 18.2 Å². The first-order valence-electron chi connectivity index (χ1n) is 5.73. The molecule has 0 spiro atoms. The molecular weight excluding hydrogens is 238 g/mol. The molecule has 0 heterocycles. The van der Waals surface area contributed by atoms with Crippen LogP contribution in [0.2, 0.25) is 5.02 Å². The van der Waals surface area contributed by atoms with E-state index in [1.54, 1.807) is 18.2 Å². The third kappa shape index (κ3) is 3.61. The second kappa shape index (κ2) is 5.38. The SMILES string of the molecule is NC(=O)c1cc(Cl)ccc1NCCNC1CC1. The van der Waals surface area contributed by atoms with Crippen molar-refractivity contribution in [2.45, 2.75) is 18.9 Å². The maximum Gasteiger partial charge on any atom is 0.250 e. The molecule has 0 atom stereocenters. The molecule has 1 fully saturated rings. The zero-order chi connectivity index (χ0) is 12.3. The van der Waals surface area contributed by atoms with Gasteiger partial charge in [0.1, 0.15) is 0 Å². The van der Waals surface area contributed by atoms with Gasteiger partial charge in [-0.2, -0.15) is 0 Å². The summed E-state index contributed by atoms with van der Waals surface area (Å²) in [6.45, 7) is 1.64. The molecule has 17 heavy (non-hydrogen) atoms. The average molecular weight is 254 g/mol. The Bertz CT molecular complexity index is 418. The van der Waals surface area contributed by atoms with Gasteiger partial charge in [-0.1, -0.05) is 11.6 Å². The highest BCUT2D eigenvalue weighted by molar-refractivity contribution is 6.31. The number of halogens is 1. The largest absolute Gasteiger partial charge is 0.383 e. The Morgan fingerprint density at radius 2 is 2.18 bits per heavy atom. The average Bonchev–Trinajstić information content (AvgIpc) is 3.09. The number of rotatable bonds is 6. The van der Waals surface area contributed by atoms with Gasteiger partial charge in [0.25, 0.3) is 5.91 Å². The molecule has 0 radical (unpaired) electrons. The van der Waals surface area contributed by atoms with E-state index in [0.29, 0.717) is 16.6 Å². The van der Waals surface area contributed by atoms with Crippen molar-refractivity contribution in [3.05, 3.63) is 28.8 Å². The van der Waals surface area contributed by atoms with Crippen LogP contribution >= 0.6 is 11.6 Å². The number of nitrogens with one attached hydrogen (secondary N) is 2. The minimum absolute atomic E-state index is 0.434. The number of hydrogen-bond acceptors (Lipinski definition) is 3. The third-order valence-electron chi connectivity index (χ3n) is 2.70. The Kier molecular flexibility index (Phi) is 3.86. The van der Waals surface area contributed by atoms with Gasteiger partial charge in [-0.15, -0.1) is 0 Å².